The molecule has 0 amide bonds. The Kier molecular flexibility index (Phi) is 7.29. The zero-order valence-electron chi connectivity index (χ0n) is 14.5. The maximum atomic E-state index is 11.3. The average Bonchev–Trinajstić information content (AvgIpc) is 2.58. The number of ether oxygens (including phenoxy) is 1. The van der Waals surface area contributed by atoms with Gasteiger partial charge < -0.3 is 15.2 Å². The maximum Gasteiger partial charge on any atom is 0.320 e. The molecule has 25 heavy (non-hydrogen) atoms. The van der Waals surface area contributed by atoms with E-state index < -0.39 is 12.0 Å². The van der Waals surface area contributed by atoms with E-state index in [9.17, 15) is 9.90 Å². The molecule has 0 saturated carbocycles. The first-order valence-electron chi connectivity index (χ1n) is 8.37. The van der Waals surface area contributed by atoms with Gasteiger partial charge in [-0.2, -0.15) is 0 Å². The highest BCUT2D eigenvalue weighted by Gasteiger charge is 2.17. The molecule has 2 rings (SSSR count). The first-order chi connectivity index (χ1) is 12.0. The number of aliphatic carboxylic acids is 1. The van der Waals surface area contributed by atoms with Gasteiger partial charge in [0.25, 0.3) is 0 Å². The van der Waals surface area contributed by atoms with Gasteiger partial charge in [0.2, 0.25) is 0 Å². The predicted molar refractivity (Wildman–Crippen MR) is 99.9 cm³/mol. The highest BCUT2D eigenvalue weighted by Crippen LogP contribution is 2.19. The van der Waals surface area contributed by atoms with Gasteiger partial charge in [-0.25, -0.2) is 0 Å². The third-order valence-corrected chi connectivity index (χ3v) is 4.18. The van der Waals surface area contributed by atoms with Gasteiger partial charge in [0.15, 0.2) is 0 Å². The summed E-state index contributed by atoms with van der Waals surface area (Å²) in [7, 11) is 0. The van der Waals surface area contributed by atoms with Crippen LogP contribution in [0.25, 0.3) is 0 Å². The van der Waals surface area contributed by atoms with Gasteiger partial charge in [-0.05, 0) is 36.1 Å². The summed E-state index contributed by atoms with van der Waals surface area (Å²) in [6.45, 7) is 4.90. The second-order valence-electron chi connectivity index (χ2n) is 6.43. The molecule has 0 fully saturated rings. The van der Waals surface area contributed by atoms with Crippen LogP contribution in [0.5, 0.6) is 5.75 Å². The molecule has 0 unspecified atom stereocenters. The highest BCUT2D eigenvalue weighted by atomic mass is 35.5. The molecule has 0 aromatic heterocycles. The van der Waals surface area contributed by atoms with E-state index in [1.54, 1.807) is 0 Å². The molecule has 0 aliphatic rings. The number of hydrogen-bond acceptors (Lipinski definition) is 3. The number of benzene rings is 2. The van der Waals surface area contributed by atoms with Gasteiger partial charge in [0.05, 0.1) is 0 Å². The molecule has 0 heterocycles. The molecule has 0 bridgehead atoms. The molecule has 0 spiro atoms. The molecule has 2 N–H and O–H groups in total. The summed E-state index contributed by atoms with van der Waals surface area (Å²) in [4.78, 5) is 11.3. The first kappa shape index (κ1) is 19.3. The molecule has 1 atom stereocenters. The monoisotopic (exact) mass is 361 g/mol. The van der Waals surface area contributed by atoms with E-state index in [0.717, 1.165) is 16.9 Å². The third-order valence-electron chi connectivity index (χ3n) is 3.81. The smallest absolute Gasteiger partial charge is 0.320 e. The fourth-order valence-corrected chi connectivity index (χ4v) is 2.70. The Morgan fingerprint density at radius 2 is 1.96 bits per heavy atom. The summed E-state index contributed by atoms with van der Waals surface area (Å²) >= 11 is 6.13. The number of carboxylic acid groups (broad SMARTS) is 1. The Hall–Kier alpha value is -2.04. The summed E-state index contributed by atoms with van der Waals surface area (Å²) in [6, 6.07) is 14.7. The van der Waals surface area contributed by atoms with E-state index in [4.69, 9.17) is 16.3 Å². The van der Waals surface area contributed by atoms with Crippen molar-refractivity contribution in [2.24, 2.45) is 5.92 Å². The van der Waals surface area contributed by atoms with E-state index >= 15 is 0 Å². The van der Waals surface area contributed by atoms with Crippen LogP contribution in [-0.2, 0) is 17.9 Å². The summed E-state index contributed by atoms with van der Waals surface area (Å²) in [5.41, 5.74) is 1.90. The standard InChI is InChI=1S/C20H24ClNO3/c1-14(2)10-19(20(23)24)22-12-15-6-5-8-17(11-15)25-13-16-7-3-4-9-18(16)21/h3-9,11,14,19,22H,10,12-13H2,1-2H3,(H,23,24)/t19-/m1/s1. The van der Waals surface area contributed by atoms with Crippen molar-refractivity contribution >= 4 is 17.6 Å². The summed E-state index contributed by atoms with van der Waals surface area (Å²) in [5.74, 6) is 0.230. The molecule has 0 aliphatic heterocycles. The SMILES string of the molecule is CC(C)C[C@@H](NCc1cccc(OCc2ccccc2Cl)c1)C(=O)O. The van der Waals surface area contributed by atoms with Crippen LogP contribution < -0.4 is 10.1 Å². The van der Waals surface area contributed by atoms with Crippen molar-refractivity contribution < 1.29 is 14.6 Å². The van der Waals surface area contributed by atoms with Crippen LogP contribution >= 0.6 is 11.6 Å². The molecular weight excluding hydrogens is 338 g/mol. The van der Waals surface area contributed by atoms with Crippen LogP contribution in [0.15, 0.2) is 48.5 Å². The molecule has 0 radical (unpaired) electrons. The quantitative estimate of drug-likeness (QED) is 0.690. The van der Waals surface area contributed by atoms with Crippen LogP contribution in [-0.4, -0.2) is 17.1 Å². The lowest BCUT2D eigenvalue weighted by Crippen LogP contribution is -2.37. The van der Waals surface area contributed by atoms with E-state index in [1.165, 1.54) is 0 Å². The molecular formula is C20H24ClNO3. The van der Waals surface area contributed by atoms with Crippen molar-refractivity contribution in [3.8, 4) is 5.75 Å². The van der Waals surface area contributed by atoms with Crippen molar-refractivity contribution in [2.75, 3.05) is 0 Å². The summed E-state index contributed by atoms with van der Waals surface area (Å²) in [6.07, 6.45) is 0.595. The summed E-state index contributed by atoms with van der Waals surface area (Å²) in [5, 5.41) is 13.1. The minimum Gasteiger partial charge on any atom is -0.489 e. The number of carboxylic acids is 1. The number of carbonyl (C=O) groups is 1. The van der Waals surface area contributed by atoms with Crippen molar-refractivity contribution in [1.82, 2.24) is 5.32 Å². The molecule has 0 aliphatic carbocycles. The molecule has 134 valence electrons. The minimum absolute atomic E-state index is 0.318. The average molecular weight is 362 g/mol. The Bertz CT molecular complexity index is 703. The lowest BCUT2D eigenvalue weighted by molar-refractivity contribution is -0.140. The van der Waals surface area contributed by atoms with Crippen LogP contribution in [0, 0.1) is 5.92 Å². The van der Waals surface area contributed by atoms with E-state index in [2.05, 4.69) is 5.32 Å². The third kappa shape index (κ3) is 6.40. The van der Waals surface area contributed by atoms with Gasteiger partial charge in [0.1, 0.15) is 18.4 Å². The van der Waals surface area contributed by atoms with Crippen molar-refractivity contribution in [2.45, 2.75) is 39.5 Å². The van der Waals surface area contributed by atoms with Crippen LogP contribution in [0.3, 0.4) is 0 Å². The summed E-state index contributed by atoms with van der Waals surface area (Å²) < 4.78 is 5.80. The second-order valence-corrected chi connectivity index (χ2v) is 6.84. The predicted octanol–water partition coefficient (Wildman–Crippen LogP) is 4.51. The molecule has 2 aromatic carbocycles. The van der Waals surface area contributed by atoms with Crippen LogP contribution in [0.4, 0.5) is 0 Å². The fourth-order valence-electron chi connectivity index (χ4n) is 2.51. The van der Waals surface area contributed by atoms with E-state index in [-0.39, 0.29) is 0 Å². The van der Waals surface area contributed by atoms with Gasteiger partial charge >= 0.3 is 5.97 Å². The van der Waals surface area contributed by atoms with Crippen LogP contribution in [0.1, 0.15) is 31.4 Å². The van der Waals surface area contributed by atoms with E-state index in [0.29, 0.717) is 30.5 Å². The minimum atomic E-state index is -0.820. The Morgan fingerprint density at radius 1 is 1.20 bits per heavy atom. The van der Waals surface area contributed by atoms with Gasteiger partial charge in [-0.1, -0.05) is 55.8 Å². The number of nitrogens with one attached hydrogen (secondary N) is 1. The Balaban J connectivity index is 1.94. The maximum absolute atomic E-state index is 11.3. The van der Waals surface area contributed by atoms with Crippen LogP contribution in [0.2, 0.25) is 5.02 Å². The van der Waals surface area contributed by atoms with Gasteiger partial charge in [-0.15, -0.1) is 0 Å². The number of hydrogen-bond donors (Lipinski definition) is 2. The second kappa shape index (κ2) is 9.44. The lowest BCUT2D eigenvalue weighted by atomic mass is 10.0. The zero-order chi connectivity index (χ0) is 18.2. The number of rotatable bonds is 9. The molecule has 0 saturated heterocycles. The normalized spacial score (nSPS) is 12.2. The Labute approximate surface area is 153 Å². The Morgan fingerprint density at radius 3 is 2.64 bits per heavy atom. The zero-order valence-corrected chi connectivity index (χ0v) is 15.3. The van der Waals surface area contributed by atoms with E-state index in [1.807, 2.05) is 62.4 Å². The molecule has 4 nitrogen and oxygen atoms in total. The fraction of sp³-hybridized carbons (Fsp3) is 0.350. The molecule has 2 aromatic rings. The van der Waals surface area contributed by atoms with Gasteiger partial charge in [-0.3, -0.25) is 4.79 Å². The van der Waals surface area contributed by atoms with Gasteiger partial charge in [0, 0.05) is 17.1 Å². The largest absolute Gasteiger partial charge is 0.489 e. The van der Waals surface area contributed by atoms with Crippen molar-refractivity contribution in [3.63, 3.8) is 0 Å². The topological polar surface area (TPSA) is 58.6 Å². The van der Waals surface area contributed by atoms with Crippen molar-refractivity contribution in [1.29, 1.82) is 0 Å². The molecule has 5 heteroatoms. The highest BCUT2D eigenvalue weighted by molar-refractivity contribution is 6.31. The first-order valence-corrected chi connectivity index (χ1v) is 8.75. The van der Waals surface area contributed by atoms with Crippen molar-refractivity contribution in [3.05, 3.63) is 64.7 Å². The number of halogens is 1. The lowest BCUT2D eigenvalue weighted by Gasteiger charge is -2.17.